The Kier molecular flexibility index (Phi) is 4.61. The second kappa shape index (κ2) is 7.36. The van der Waals surface area contributed by atoms with Crippen molar-refractivity contribution in [1.29, 1.82) is 0 Å². The topological polar surface area (TPSA) is 91.3 Å². The van der Waals surface area contributed by atoms with Crippen molar-refractivity contribution in [1.82, 2.24) is 19.9 Å². The molecule has 0 bridgehead atoms. The monoisotopic (exact) mass is 362 g/mol. The molecule has 1 fully saturated rings. The molecule has 3 aromatic rings. The first-order valence-corrected chi connectivity index (χ1v) is 8.67. The van der Waals surface area contributed by atoms with Gasteiger partial charge in [0.15, 0.2) is 0 Å². The number of hydrogen-bond acceptors (Lipinski definition) is 6. The van der Waals surface area contributed by atoms with E-state index in [1.54, 1.807) is 23.4 Å². The summed E-state index contributed by atoms with van der Waals surface area (Å²) >= 11 is 0. The number of benzene rings is 1. The Hall–Kier alpha value is -3.55. The normalized spacial score (nSPS) is 14.2. The van der Waals surface area contributed by atoms with Gasteiger partial charge in [-0.3, -0.25) is 14.6 Å². The van der Waals surface area contributed by atoms with Crippen LogP contribution in [0.5, 0.6) is 0 Å². The highest BCUT2D eigenvalue weighted by molar-refractivity contribution is 6.07. The van der Waals surface area contributed by atoms with E-state index in [1.165, 1.54) is 0 Å². The van der Waals surface area contributed by atoms with Crippen LogP contribution in [0.4, 0.5) is 11.6 Å². The number of pyridine rings is 1. The smallest absolute Gasteiger partial charge is 0.274 e. The molecule has 2 amide bonds. The van der Waals surface area contributed by atoms with Crippen LogP contribution in [-0.4, -0.2) is 58.3 Å². The predicted octanol–water partition coefficient (Wildman–Crippen LogP) is 1.56. The molecule has 27 heavy (non-hydrogen) atoms. The predicted molar refractivity (Wildman–Crippen MR) is 102 cm³/mol. The van der Waals surface area contributed by atoms with E-state index in [-0.39, 0.29) is 11.6 Å². The zero-order chi connectivity index (χ0) is 18.6. The van der Waals surface area contributed by atoms with E-state index in [0.717, 1.165) is 17.3 Å². The number of carbonyl (C=O) groups is 2. The minimum Gasteiger partial charge on any atom is -0.342 e. The number of amides is 2. The molecule has 1 aliphatic rings. The van der Waals surface area contributed by atoms with E-state index in [2.05, 4.69) is 20.3 Å². The molecule has 0 atom stereocenters. The largest absolute Gasteiger partial charge is 0.342 e. The van der Waals surface area contributed by atoms with E-state index in [1.807, 2.05) is 35.2 Å². The maximum atomic E-state index is 12.7. The third kappa shape index (κ3) is 3.55. The quantitative estimate of drug-likeness (QED) is 0.708. The van der Waals surface area contributed by atoms with Gasteiger partial charge < -0.3 is 15.1 Å². The summed E-state index contributed by atoms with van der Waals surface area (Å²) in [7, 11) is 0. The van der Waals surface area contributed by atoms with Gasteiger partial charge in [-0.2, -0.15) is 0 Å². The summed E-state index contributed by atoms with van der Waals surface area (Å²) in [6.45, 7) is 2.50. The van der Waals surface area contributed by atoms with Crippen molar-refractivity contribution < 1.29 is 9.59 Å². The zero-order valence-electron chi connectivity index (χ0n) is 14.6. The minimum atomic E-state index is -0.316. The van der Waals surface area contributed by atoms with Gasteiger partial charge in [-0.1, -0.05) is 18.2 Å². The molecule has 0 aliphatic carbocycles. The average Bonchev–Trinajstić information content (AvgIpc) is 2.74. The maximum absolute atomic E-state index is 12.7. The first kappa shape index (κ1) is 16.9. The first-order chi connectivity index (χ1) is 13.2. The molecule has 136 valence electrons. The number of anilines is 2. The van der Waals surface area contributed by atoms with Crippen molar-refractivity contribution in [3.05, 3.63) is 54.5 Å². The van der Waals surface area contributed by atoms with Crippen molar-refractivity contribution in [2.24, 2.45) is 0 Å². The Balaban J connectivity index is 1.53. The second-order valence-electron chi connectivity index (χ2n) is 6.21. The Bertz CT molecular complexity index is 979. The number of para-hydroxylation sites is 1. The van der Waals surface area contributed by atoms with Crippen LogP contribution < -0.4 is 10.2 Å². The number of fused-ring (bicyclic) bond motifs is 1. The molecule has 4 rings (SSSR count). The van der Waals surface area contributed by atoms with Crippen LogP contribution in [-0.2, 0) is 4.79 Å². The summed E-state index contributed by atoms with van der Waals surface area (Å²) in [6.07, 6.45) is 4.12. The molecular formula is C19H18N6O2. The highest BCUT2D eigenvalue weighted by atomic mass is 16.2. The number of piperazine rings is 1. The molecule has 1 N–H and O–H groups in total. The van der Waals surface area contributed by atoms with Gasteiger partial charge in [0.2, 0.25) is 12.4 Å². The zero-order valence-corrected chi connectivity index (χ0v) is 14.6. The van der Waals surface area contributed by atoms with Crippen molar-refractivity contribution in [3.8, 4) is 0 Å². The molecule has 3 heterocycles. The Labute approximate surface area is 155 Å². The van der Waals surface area contributed by atoms with Crippen molar-refractivity contribution in [2.75, 3.05) is 36.4 Å². The first-order valence-electron chi connectivity index (χ1n) is 8.67. The van der Waals surface area contributed by atoms with Crippen LogP contribution in [0.1, 0.15) is 10.5 Å². The molecule has 1 aliphatic heterocycles. The van der Waals surface area contributed by atoms with E-state index in [4.69, 9.17) is 0 Å². The lowest BCUT2D eigenvalue weighted by molar-refractivity contribution is -0.118. The fourth-order valence-corrected chi connectivity index (χ4v) is 3.05. The van der Waals surface area contributed by atoms with Crippen LogP contribution >= 0.6 is 0 Å². The van der Waals surface area contributed by atoms with Gasteiger partial charge in [0.05, 0.1) is 11.2 Å². The van der Waals surface area contributed by atoms with Crippen LogP contribution in [0.2, 0.25) is 0 Å². The molecule has 1 aromatic carbocycles. The summed E-state index contributed by atoms with van der Waals surface area (Å²) in [6, 6.07) is 11.0. The van der Waals surface area contributed by atoms with Gasteiger partial charge in [-0.15, -0.1) is 0 Å². The standard InChI is InChI=1S/C19H18N6O2/c26-13-24-9-11-25(12-10-24)19-21-8-6-16(23-19)18(27)22-15-5-1-3-14-4-2-7-20-17(14)15/h1-8,13H,9-12H2,(H,22,27). The van der Waals surface area contributed by atoms with E-state index < -0.39 is 0 Å². The highest BCUT2D eigenvalue weighted by Gasteiger charge is 2.19. The summed E-state index contributed by atoms with van der Waals surface area (Å²) < 4.78 is 0. The molecule has 1 saturated heterocycles. The maximum Gasteiger partial charge on any atom is 0.274 e. The number of aromatic nitrogens is 3. The fourth-order valence-electron chi connectivity index (χ4n) is 3.05. The minimum absolute atomic E-state index is 0.283. The molecule has 2 aromatic heterocycles. The molecule has 0 radical (unpaired) electrons. The average molecular weight is 362 g/mol. The molecule has 0 spiro atoms. The van der Waals surface area contributed by atoms with E-state index in [9.17, 15) is 9.59 Å². The molecule has 0 saturated carbocycles. The number of rotatable bonds is 4. The Morgan fingerprint density at radius 2 is 1.81 bits per heavy atom. The molecule has 8 nitrogen and oxygen atoms in total. The number of hydrogen-bond donors (Lipinski definition) is 1. The van der Waals surface area contributed by atoms with Gasteiger partial charge in [-0.25, -0.2) is 9.97 Å². The lowest BCUT2D eigenvalue weighted by Gasteiger charge is -2.32. The van der Waals surface area contributed by atoms with Crippen LogP contribution in [0.3, 0.4) is 0 Å². The lowest BCUT2D eigenvalue weighted by Crippen LogP contribution is -2.46. The molecular weight excluding hydrogens is 344 g/mol. The van der Waals surface area contributed by atoms with Gasteiger partial charge >= 0.3 is 0 Å². The third-order valence-corrected chi connectivity index (χ3v) is 4.50. The van der Waals surface area contributed by atoms with Crippen molar-refractivity contribution in [3.63, 3.8) is 0 Å². The Morgan fingerprint density at radius 1 is 1.00 bits per heavy atom. The SMILES string of the molecule is O=CN1CCN(c2nccc(C(=O)Nc3cccc4cccnc34)n2)CC1. The Morgan fingerprint density at radius 3 is 2.63 bits per heavy atom. The lowest BCUT2D eigenvalue weighted by atomic mass is 10.2. The number of nitrogens with zero attached hydrogens (tertiary/aromatic N) is 5. The highest BCUT2D eigenvalue weighted by Crippen LogP contribution is 2.21. The number of carbonyl (C=O) groups excluding carboxylic acids is 2. The van der Waals surface area contributed by atoms with Crippen molar-refractivity contribution in [2.45, 2.75) is 0 Å². The summed E-state index contributed by atoms with van der Waals surface area (Å²) in [5.41, 5.74) is 1.65. The third-order valence-electron chi connectivity index (χ3n) is 4.50. The fraction of sp³-hybridized carbons (Fsp3) is 0.211. The number of nitrogens with one attached hydrogen (secondary N) is 1. The van der Waals surface area contributed by atoms with E-state index in [0.29, 0.717) is 37.8 Å². The van der Waals surface area contributed by atoms with Gasteiger partial charge in [0, 0.05) is 44.0 Å². The van der Waals surface area contributed by atoms with E-state index >= 15 is 0 Å². The van der Waals surface area contributed by atoms with Gasteiger partial charge in [0.1, 0.15) is 5.69 Å². The van der Waals surface area contributed by atoms with Gasteiger partial charge in [-0.05, 0) is 18.2 Å². The summed E-state index contributed by atoms with van der Waals surface area (Å²) in [4.78, 5) is 40.2. The summed E-state index contributed by atoms with van der Waals surface area (Å²) in [5.74, 6) is 0.174. The van der Waals surface area contributed by atoms with Crippen molar-refractivity contribution >= 4 is 34.9 Å². The van der Waals surface area contributed by atoms with Crippen LogP contribution in [0.25, 0.3) is 10.9 Å². The summed E-state index contributed by atoms with van der Waals surface area (Å²) in [5, 5.41) is 3.83. The second-order valence-corrected chi connectivity index (χ2v) is 6.21. The van der Waals surface area contributed by atoms with Crippen LogP contribution in [0, 0.1) is 0 Å². The molecule has 8 heteroatoms. The van der Waals surface area contributed by atoms with Crippen LogP contribution in [0.15, 0.2) is 48.8 Å². The van der Waals surface area contributed by atoms with Gasteiger partial charge in [0.25, 0.3) is 5.91 Å². The molecule has 0 unspecified atom stereocenters.